The molecule has 1 aliphatic heterocycles. The third kappa shape index (κ3) is 4.30. The summed E-state index contributed by atoms with van der Waals surface area (Å²) in [6, 6.07) is 12.4. The molecular weight excluding hydrogens is 366 g/mol. The van der Waals surface area contributed by atoms with E-state index in [9.17, 15) is 4.79 Å². The lowest BCUT2D eigenvalue weighted by molar-refractivity contribution is -0.141. The fourth-order valence-corrected chi connectivity index (χ4v) is 3.58. The number of benzene rings is 1. The third-order valence-corrected chi connectivity index (χ3v) is 5.21. The molecule has 1 saturated heterocycles. The van der Waals surface area contributed by atoms with Gasteiger partial charge in [-0.15, -0.1) is 0 Å². The Bertz CT molecular complexity index is 1000. The van der Waals surface area contributed by atoms with Gasteiger partial charge in [0.05, 0.1) is 17.6 Å². The van der Waals surface area contributed by atoms with Gasteiger partial charge in [0.2, 0.25) is 0 Å². The van der Waals surface area contributed by atoms with Crippen molar-refractivity contribution in [2.24, 2.45) is 0 Å². The van der Waals surface area contributed by atoms with Gasteiger partial charge in [-0.1, -0.05) is 18.7 Å². The van der Waals surface area contributed by atoms with Crippen LogP contribution in [0.2, 0.25) is 0 Å². The van der Waals surface area contributed by atoms with E-state index in [-0.39, 0.29) is 5.97 Å². The summed E-state index contributed by atoms with van der Waals surface area (Å²) in [5.74, 6) is -0.217. The Balaban J connectivity index is 1.41. The van der Waals surface area contributed by atoms with E-state index in [1.165, 1.54) is 12.6 Å². The Morgan fingerprint density at radius 1 is 1.14 bits per heavy atom. The lowest BCUT2D eigenvalue weighted by Gasteiger charge is -2.36. The molecule has 1 fully saturated rings. The highest BCUT2D eigenvalue weighted by Crippen LogP contribution is 2.24. The van der Waals surface area contributed by atoms with Crippen LogP contribution in [0.25, 0.3) is 23.0 Å². The summed E-state index contributed by atoms with van der Waals surface area (Å²) < 4.78 is 6.89. The minimum Gasteiger partial charge on any atom is -0.465 e. The molecule has 150 valence electrons. The van der Waals surface area contributed by atoms with Crippen molar-refractivity contribution in [3.63, 3.8) is 0 Å². The predicted octanol–water partition coefficient (Wildman–Crippen LogP) is 2.72. The molecule has 1 aliphatic rings. The normalized spacial score (nSPS) is 14.9. The van der Waals surface area contributed by atoms with Crippen molar-refractivity contribution >= 4 is 23.4 Å². The number of anilines is 1. The van der Waals surface area contributed by atoms with Crippen LogP contribution in [0.5, 0.6) is 0 Å². The molecule has 29 heavy (non-hydrogen) atoms. The molecule has 7 nitrogen and oxygen atoms in total. The maximum atomic E-state index is 10.9. The van der Waals surface area contributed by atoms with E-state index in [1.807, 2.05) is 22.8 Å². The van der Waals surface area contributed by atoms with Crippen LogP contribution in [-0.2, 0) is 9.53 Å². The van der Waals surface area contributed by atoms with Crippen molar-refractivity contribution in [3.05, 3.63) is 54.9 Å². The van der Waals surface area contributed by atoms with Crippen LogP contribution in [0.1, 0.15) is 12.6 Å². The molecule has 0 spiro atoms. The standard InChI is InChI=1S/C22H25N5O2/c1-3-19-6-9-22-23-16-21(27(22)24-19)18-4-7-20(8-5-18)26-12-10-25(11-13-26)14-15-29-17(2)28/h3-9,16H,1,10-15H2,2H3. The zero-order valence-corrected chi connectivity index (χ0v) is 16.6. The second kappa shape index (κ2) is 8.45. The van der Waals surface area contributed by atoms with Gasteiger partial charge in [-0.2, -0.15) is 5.10 Å². The summed E-state index contributed by atoms with van der Waals surface area (Å²) in [5.41, 5.74) is 4.89. The Morgan fingerprint density at radius 3 is 2.59 bits per heavy atom. The summed E-state index contributed by atoms with van der Waals surface area (Å²) in [6.07, 6.45) is 3.59. The number of nitrogens with zero attached hydrogens (tertiary/aromatic N) is 5. The van der Waals surface area contributed by atoms with E-state index >= 15 is 0 Å². The number of ether oxygens (including phenoxy) is 1. The molecule has 0 bridgehead atoms. The molecule has 3 heterocycles. The highest BCUT2D eigenvalue weighted by Gasteiger charge is 2.17. The molecule has 0 unspecified atom stereocenters. The number of fused-ring (bicyclic) bond motifs is 1. The molecule has 0 amide bonds. The third-order valence-electron chi connectivity index (χ3n) is 5.21. The summed E-state index contributed by atoms with van der Waals surface area (Å²) in [5, 5.41) is 4.57. The number of aromatic nitrogens is 3. The Kier molecular flexibility index (Phi) is 5.57. The fraction of sp³-hybridized carbons (Fsp3) is 0.318. The molecular formula is C22H25N5O2. The minimum atomic E-state index is -0.217. The van der Waals surface area contributed by atoms with Gasteiger partial charge in [0.1, 0.15) is 6.61 Å². The molecule has 0 aliphatic carbocycles. The second-order valence-electron chi connectivity index (χ2n) is 7.09. The van der Waals surface area contributed by atoms with Crippen LogP contribution < -0.4 is 4.90 Å². The summed E-state index contributed by atoms with van der Waals surface area (Å²) in [4.78, 5) is 20.0. The maximum Gasteiger partial charge on any atom is 0.302 e. The van der Waals surface area contributed by atoms with Gasteiger partial charge in [-0.05, 0) is 30.3 Å². The molecule has 0 N–H and O–H groups in total. The number of hydrogen-bond acceptors (Lipinski definition) is 6. The number of esters is 1. The van der Waals surface area contributed by atoms with Crippen molar-refractivity contribution in [1.82, 2.24) is 19.5 Å². The zero-order valence-electron chi connectivity index (χ0n) is 16.6. The average molecular weight is 391 g/mol. The van der Waals surface area contributed by atoms with Crippen LogP contribution in [-0.4, -0.2) is 64.8 Å². The van der Waals surface area contributed by atoms with Gasteiger partial charge in [0, 0.05) is 50.9 Å². The van der Waals surface area contributed by atoms with Gasteiger partial charge >= 0.3 is 5.97 Å². The van der Waals surface area contributed by atoms with E-state index in [0.717, 1.165) is 55.3 Å². The van der Waals surface area contributed by atoms with E-state index in [2.05, 4.69) is 50.7 Å². The Labute approximate surface area is 170 Å². The number of carbonyl (C=O) groups excluding carboxylic acids is 1. The molecule has 0 radical (unpaired) electrons. The SMILES string of the molecule is C=Cc1ccc2ncc(-c3ccc(N4CCN(CCOC(C)=O)CC4)cc3)n2n1. The van der Waals surface area contributed by atoms with Crippen molar-refractivity contribution in [2.75, 3.05) is 44.2 Å². The van der Waals surface area contributed by atoms with Gasteiger partial charge in [0.25, 0.3) is 0 Å². The van der Waals surface area contributed by atoms with Crippen LogP contribution in [0, 0.1) is 0 Å². The topological polar surface area (TPSA) is 63.0 Å². The molecule has 1 aromatic carbocycles. The van der Waals surface area contributed by atoms with Crippen molar-refractivity contribution in [1.29, 1.82) is 0 Å². The van der Waals surface area contributed by atoms with Gasteiger partial charge in [-0.3, -0.25) is 9.69 Å². The molecule has 7 heteroatoms. The lowest BCUT2D eigenvalue weighted by atomic mass is 10.1. The predicted molar refractivity (Wildman–Crippen MR) is 114 cm³/mol. The zero-order chi connectivity index (χ0) is 20.2. The van der Waals surface area contributed by atoms with Crippen molar-refractivity contribution < 1.29 is 9.53 Å². The number of hydrogen-bond donors (Lipinski definition) is 0. The number of imidazole rings is 1. The van der Waals surface area contributed by atoms with Crippen LogP contribution in [0.3, 0.4) is 0 Å². The Hall–Kier alpha value is -3.19. The minimum absolute atomic E-state index is 0.217. The first-order chi connectivity index (χ1) is 14.1. The highest BCUT2D eigenvalue weighted by molar-refractivity contribution is 5.66. The molecule has 3 aromatic rings. The van der Waals surface area contributed by atoms with Gasteiger partial charge < -0.3 is 9.64 Å². The smallest absolute Gasteiger partial charge is 0.302 e. The monoisotopic (exact) mass is 391 g/mol. The van der Waals surface area contributed by atoms with Gasteiger partial charge in [0.15, 0.2) is 5.65 Å². The van der Waals surface area contributed by atoms with Crippen molar-refractivity contribution in [2.45, 2.75) is 6.92 Å². The molecule has 2 aromatic heterocycles. The lowest BCUT2D eigenvalue weighted by Crippen LogP contribution is -2.47. The highest BCUT2D eigenvalue weighted by atomic mass is 16.5. The molecule has 0 saturated carbocycles. The first kappa shape index (κ1) is 19.1. The van der Waals surface area contributed by atoms with Gasteiger partial charge in [-0.25, -0.2) is 9.50 Å². The molecule has 0 atom stereocenters. The van der Waals surface area contributed by atoms with Crippen LogP contribution >= 0.6 is 0 Å². The molecule has 4 rings (SSSR count). The largest absolute Gasteiger partial charge is 0.465 e. The van der Waals surface area contributed by atoms with E-state index in [0.29, 0.717) is 6.61 Å². The van der Waals surface area contributed by atoms with Crippen LogP contribution in [0.15, 0.2) is 49.2 Å². The van der Waals surface area contributed by atoms with E-state index < -0.39 is 0 Å². The maximum absolute atomic E-state index is 10.9. The fourth-order valence-electron chi connectivity index (χ4n) is 3.58. The first-order valence-corrected chi connectivity index (χ1v) is 9.82. The Morgan fingerprint density at radius 2 is 1.90 bits per heavy atom. The van der Waals surface area contributed by atoms with Crippen molar-refractivity contribution in [3.8, 4) is 11.3 Å². The quantitative estimate of drug-likeness (QED) is 0.602. The number of piperazine rings is 1. The first-order valence-electron chi connectivity index (χ1n) is 9.82. The van der Waals surface area contributed by atoms with E-state index in [1.54, 1.807) is 6.08 Å². The summed E-state index contributed by atoms with van der Waals surface area (Å²) in [7, 11) is 0. The average Bonchev–Trinajstić information content (AvgIpc) is 3.17. The van der Waals surface area contributed by atoms with E-state index in [4.69, 9.17) is 4.74 Å². The number of rotatable bonds is 6. The second-order valence-corrected chi connectivity index (χ2v) is 7.09. The summed E-state index contributed by atoms with van der Waals surface area (Å²) >= 11 is 0. The van der Waals surface area contributed by atoms with Crippen LogP contribution in [0.4, 0.5) is 5.69 Å². The number of carbonyl (C=O) groups is 1. The summed E-state index contributed by atoms with van der Waals surface area (Å²) in [6.45, 7) is 10.3.